The van der Waals surface area contributed by atoms with Gasteiger partial charge in [0, 0.05) is 33.1 Å². The predicted octanol–water partition coefficient (Wildman–Crippen LogP) is 1.07. The molecule has 1 saturated heterocycles. The molecule has 6 heteroatoms. The lowest BCUT2D eigenvalue weighted by molar-refractivity contribution is -0.136. The third kappa shape index (κ3) is 2.85. The molecule has 23 heavy (non-hydrogen) atoms. The number of likely N-dealkylation sites (tertiary alicyclic amines) is 1. The molecule has 0 bridgehead atoms. The lowest BCUT2D eigenvalue weighted by atomic mass is 9.97. The molecule has 0 aromatic heterocycles. The van der Waals surface area contributed by atoms with E-state index in [-0.39, 0.29) is 17.7 Å². The molecular formula is C17H22N2O4. The van der Waals surface area contributed by atoms with Gasteiger partial charge in [-0.25, -0.2) is 0 Å². The minimum absolute atomic E-state index is 0.0483. The Labute approximate surface area is 136 Å². The van der Waals surface area contributed by atoms with E-state index in [1.807, 2.05) is 17.0 Å². The second-order valence-electron chi connectivity index (χ2n) is 6.16. The molecule has 1 aromatic carbocycles. The number of benzene rings is 1. The van der Waals surface area contributed by atoms with E-state index < -0.39 is 0 Å². The Morgan fingerprint density at radius 1 is 1.17 bits per heavy atom. The van der Waals surface area contributed by atoms with E-state index in [1.54, 1.807) is 26.2 Å². The number of carbonyl (C=O) groups excluding carboxylic acids is 2. The topological polar surface area (TPSA) is 59.1 Å². The van der Waals surface area contributed by atoms with E-state index >= 15 is 0 Å². The van der Waals surface area contributed by atoms with Crippen LogP contribution in [0.2, 0.25) is 0 Å². The van der Waals surface area contributed by atoms with E-state index in [9.17, 15) is 9.59 Å². The molecule has 1 aromatic rings. The zero-order valence-electron chi connectivity index (χ0n) is 13.8. The van der Waals surface area contributed by atoms with Crippen LogP contribution in [0.25, 0.3) is 0 Å². The molecule has 1 fully saturated rings. The van der Waals surface area contributed by atoms with Crippen LogP contribution in [0, 0.1) is 5.92 Å². The number of hydrogen-bond donors (Lipinski definition) is 0. The second kappa shape index (κ2) is 6.10. The van der Waals surface area contributed by atoms with Crippen LogP contribution in [0.4, 0.5) is 0 Å². The third-order valence-electron chi connectivity index (χ3n) is 4.72. The second-order valence-corrected chi connectivity index (χ2v) is 6.16. The fraction of sp³-hybridized carbons (Fsp3) is 0.529. The number of carbonyl (C=O) groups is 2. The van der Waals surface area contributed by atoms with Crippen molar-refractivity contribution in [3.63, 3.8) is 0 Å². The summed E-state index contributed by atoms with van der Waals surface area (Å²) in [4.78, 5) is 27.8. The van der Waals surface area contributed by atoms with E-state index in [1.165, 1.54) is 5.56 Å². The van der Waals surface area contributed by atoms with Gasteiger partial charge in [0.25, 0.3) is 0 Å². The van der Waals surface area contributed by atoms with Gasteiger partial charge in [-0.05, 0) is 29.7 Å². The van der Waals surface area contributed by atoms with E-state index in [4.69, 9.17) is 9.47 Å². The number of rotatable bonds is 3. The van der Waals surface area contributed by atoms with Gasteiger partial charge in [0.1, 0.15) is 0 Å². The molecular weight excluding hydrogens is 296 g/mol. The van der Waals surface area contributed by atoms with E-state index in [0.717, 1.165) is 12.0 Å². The zero-order chi connectivity index (χ0) is 16.6. The van der Waals surface area contributed by atoms with Crippen LogP contribution in [0.1, 0.15) is 17.5 Å². The summed E-state index contributed by atoms with van der Waals surface area (Å²) >= 11 is 0. The molecule has 0 aliphatic carbocycles. The van der Waals surface area contributed by atoms with Crippen LogP contribution in [-0.4, -0.2) is 56.0 Å². The highest BCUT2D eigenvalue weighted by Gasteiger charge is 2.35. The minimum Gasteiger partial charge on any atom is -0.493 e. The van der Waals surface area contributed by atoms with Crippen LogP contribution < -0.4 is 9.47 Å². The van der Waals surface area contributed by atoms with Gasteiger partial charge in [-0.15, -0.1) is 0 Å². The number of nitrogens with zero attached hydrogens (tertiary/aromatic N) is 2. The fourth-order valence-electron chi connectivity index (χ4n) is 3.36. The van der Waals surface area contributed by atoms with Crippen molar-refractivity contribution < 1.29 is 19.1 Å². The number of fused-ring (bicyclic) bond motifs is 1. The van der Waals surface area contributed by atoms with Gasteiger partial charge < -0.3 is 19.3 Å². The highest BCUT2D eigenvalue weighted by molar-refractivity contribution is 5.89. The first kappa shape index (κ1) is 15.6. The summed E-state index contributed by atoms with van der Waals surface area (Å²) in [6, 6.07) is 3.93. The summed E-state index contributed by atoms with van der Waals surface area (Å²) in [6.07, 6.45) is 1.11. The Morgan fingerprint density at radius 3 is 2.39 bits per heavy atom. The van der Waals surface area contributed by atoms with Gasteiger partial charge >= 0.3 is 0 Å². The predicted molar refractivity (Wildman–Crippen MR) is 84.4 cm³/mol. The van der Waals surface area contributed by atoms with Gasteiger partial charge in [0.2, 0.25) is 11.8 Å². The lowest BCUT2D eigenvalue weighted by Gasteiger charge is -2.31. The van der Waals surface area contributed by atoms with Crippen LogP contribution in [0.15, 0.2) is 12.1 Å². The molecule has 2 aliphatic rings. The highest BCUT2D eigenvalue weighted by atomic mass is 16.5. The average molecular weight is 318 g/mol. The van der Waals surface area contributed by atoms with Crippen LogP contribution >= 0.6 is 0 Å². The van der Waals surface area contributed by atoms with Crippen molar-refractivity contribution in [3.8, 4) is 11.5 Å². The molecule has 0 radical (unpaired) electrons. The molecule has 0 saturated carbocycles. The molecule has 0 N–H and O–H groups in total. The molecule has 0 unspecified atom stereocenters. The van der Waals surface area contributed by atoms with Crippen molar-refractivity contribution in [2.45, 2.75) is 19.4 Å². The van der Waals surface area contributed by atoms with Gasteiger partial charge in [-0.3, -0.25) is 9.59 Å². The Morgan fingerprint density at radius 2 is 1.83 bits per heavy atom. The molecule has 0 spiro atoms. The summed E-state index contributed by atoms with van der Waals surface area (Å²) in [5, 5.41) is 0. The monoisotopic (exact) mass is 318 g/mol. The molecule has 3 rings (SSSR count). The van der Waals surface area contributed by atoms with E-state index in [0.29, 0.717) is 37.6 Å². The maximum absolute atomic E-state index is 12.7. The smallest absolute Gasteiger partial charge is 0.228 e. The number of ether oxygens (including phenoxy) is 2. The number of methoxy groups -OCH3 is 2. The van der Waals surface area contributed by atoms with Gasteiger partial charge in [0.15, 0.2) is 11.5 Å². The maximum Gasteiger partial charge on any atom is 0.228 e. The quantitative estimate of drug-likeness (QED) is 0.836. The zero-order valence-corrected chi connectivity index (χ0v) is 13.8. The summed E-state index contributed by atoms with van der Waals surface area (Å²) in [5.41, 5.74) is 2.27. The summed E-state index contributed by atoms with van der Waals surface area (Å²) < 4.78 is 10.7. The van der Waals surface area contributed by atoms with Crippen molar-refractivity contribution in [2.24, 2.45) is 5.92 Å². The van der Waals surface area contributed by atoms with Crippen molar-refractivity contribution in [1.29, 1.82) is 0 Å². The van der Waals surface area contributed by atoms with Crippen LogP contribution in [-0.2, 0) is 22.6 Å². The largest absolute Gasteiger partial charge is 0.493 e. The maximum atomic E-state index is 12.7. The van der Waals surface area contributed by atoms with Crippen LogP contribution in [0.5, 0.6) is 11.5 Å². The van der Waals surface area contributed by atoms with Crippen molar-refractivity contribution in [2.75, 3.05) is 34.4 Å². The first-order chi connectivity index (χ1) is 11.0. The molecule has 2 aliphatic heterocycles. The van der Waals surface area contributed by atoms with E-state index in [2.05, 4.69) is 0 Å². The molecule has 6 nitrogen and oxygen atoms in total. The first-order valence-corrected chi connectivity index (χ1v) is 7.80. The molecule has 1 atom stereocenters. The summed E-state index contributed by atoms with van der Waals surface area (Å²) in [7, 11) is 4.98. The van der Waals surface area contributed by atoms with Gasteiger partial charge in [0.05, 0.1) is 20.1 Å². The average Bonchev–Trinajstić information content (AvgIpc) is 2.91. The standard InChI is InChI=1S/C17H22N2O4/c1-18-9-13(8-16(18)20)17(21)19-5-4-11-6-14(22-2)15(23-3)7-12(11)10-19/h6-7,13H,4-5,8-10H2,1-3H3/t13-/m0/s1. The Hall–Kier alpha value is -2.24. The molecule has 124 valence electrons. The summed E-state index contributed by atoms with van der Waals surface area (Å²) in [5.74, 6) is 1.30. The minimum atomic E-state index is -0.214. The molecule has 2 heterocycles. The summed E-state index contributed by atoms with van der Waals surface area (Å²) in [6.45, 7) is 1.76. The SMILES string of the molecule is COc1cc2c(cc1OC)CN(C(=O)[C@H]1CC(=O)N(C)C1)CC2. The van der Waals surface area contributed by atoms with Crippen LogP contribution in [0.3, 0.4) is 0 Å². The third-order valence-corrected chi connectivity index (χ3v) is 4.72. The first-order valence-electron chi connectivity index (χ1n) is 7.80. The Bertz CT molecular complexity index is 644. The Kier molecular flexibility index (Phi) is 4.15. The van der Waals surface area contributed by atoms with Crippen molar-refractivity contribution in [1.82, 2.24) is 9.80 Å². The van der Waals surface area contributed by atoms with Crippen molar-refractivity contribution >= 4 is 11.8 Å². The lowest BCUT2D eigenvalue weighted by Crippen LogP contribution is -2.40. The van der Waals surface area contributed by atoms with Crippen molar-refractivity contribution in [3.05, 3.63) is 23.3 Å². The fourth-order valence-corrected chi connectivity index (χ4v) is 3.36. The van der Waals surface area contributed by atoms with Gasteiger partial charge in [-0.2, -0.15) is 0 Å². The Balaban J connectivity index is 1.77. The highest BCUT2D eigenvalue weighted by Crippen LogP contribution is 2.33. The number of amides is 2. The normalized spacial score (nSPS) is 20.5. The number of hydrogen-bond acceptors (Lipinski definition) is 4. The molecule has 2 amide bonds. The van der Waals surface area contributed by atoms with Gasteiger partial charge in [-0.1, -0.05) is 0 Å².